The van der Waals surface area contributed by atoms with E-state index in [4.69, 9.17) is 0 Å². The van der Waals surface area contributed by atoms with Crippen molar-refractivity contribution in [1.29, 1.82) is 0 Å². The van der Waals surface area contributed by atoms with Crippen molar-refractivity contribution in [2.45, 2.75) is 6.42 Å². The van der Waals surface area contributed by atoms with Crippen LogP contribution in [0, 0.1) is 5.82 Å². The zero-order chi connectivity index (χ0) is 17.1. The zero-order valence-corrected chi connectivity index (χ0v) is 12.7. The topological polar surface area (TPSA) is 79.4 Å². The van der Waals surface area contributed by atoms with Crippen LogP contribution in [0.25, 0.3) is 0 Å². The number of halogens is 1. The van der Waals surface area contributed by atoms with E-state index in [-0.39, 0.29) is 36.7 Å². The summed E-state index contributed by atoms with van der Waals surface area (Å²) < 4.78 is 13.5. The van der Waals surface area contributed by atoms with Gasteiger partial charge in [-0.15, -0.1) is 0 Å². The number of imide groups is 1. The number of nitrogens with one attached hydrogen (secondary N) is 1. The molecule has 1 N–H and O–H groups in total. The van der Waals surface area contributed by atoms with Gasteiger partial charge in [-0.05, 0) is 23.8 Å². The average Bonchev–Trinajstić information content (AvgIpc) is 2.82. The highest BCUT2D eigenvalue weighted by Gasteiger charge is 2.36. The third-order valence-electron chi connectivity index (χ3n) is 3.70. The van der Waals surface area contributed by atoms with Crippen LogP contribution in [0.15, 0.2) is 42.6 Å². The van der Waals surface area contributed by atoms with Gasteiger partial charge in [0.2, 0.25) is 5.91 Å². The van der Waals surface area contributed by atoms with E-state index in [0.717, 1.165) is 4.90 Å². The molecule has 24 heavy (non-hydrogen) atoms. The van der Waals surface area contributed by atoms with Gasteiger partial charge in [-0.25, -0.2) is 4.39 Å². The number of amides is 3. The molecule has 3 rings (SSSR count). The van der Waals surface area contributed by atoms with Gasteiger partial charge in [0.15, 0.2) is 0 Å². The molecule has 3 amide bonds. The predicted molar refractivity (Wildman–Crippen MR) is 82.7 cm³/mol. The predicted octanol–water partition coefficient (Wildman–Crippen LogP) is 1.18. The Hall–Kier alpha value is -3.09. The fraction of sp³-hybridized carbons (Fsp3) is 0.176. The van der Waals surface area contributed by atoms with E-state index in [1.165, 1.54) is 18.3 Å². The summed E-state index contributed by atoms with van der Waals surface area (Å²) >= 11 is 0. The van der Waals surface area contributed by atoms with Crippen molar-refractivity contribution in [3.05, 3.63) is 65.2 Å². The maximum Gasteiger partial charge on any atom is 0.280 e. The van der Waals surface area contributed by atoms with Crippen molar-refractivity contribution in [3.8, 4) is 0 Å². The fourth-order valence-corrected chi connectivity index (χ4v) is 2.50. The van der Waals surface area contributed by atoms with Gasteiger partial charge in [0, 0.05) is 19.3 Å². The van der Waals surface area contributed by atoms with Crippen LogP contribution in [0.2, 0.25) is 0 Å². The normalized spacial score (nSPS) is 13.1. The maximum atomic E-state index is 13.5. The molecule has 2 heterocycles. The number of fused-ring (bicyclic) bond motifs is 1. The molecule has 2 aromatic rings. The molecule has 0 atom stereocenters. The summed E-state index contributed by atoms with van der Waals surface area (Å²) in [6.45, 7) is 0.135. The molecule has 6 nitrogen and oxygen atoms in total. The van der Waals surface area contributed by atoms with E-state index in [2.05, 4.69) is 10.3 Å². The molecule has 0 unspecified atom stereocenters. The highest BCUT2D eigenvalue weighted by atomic mass is 19.1. The molecule has 0 spiro atoms. The molecule has 1 aliphatic heterocycles. The molecule has 1 aromatic carbocycles. The van der Waals surface area contributed by atoms with Gasteiger partial charge >= 0.3 is 0 Å². The molecule has 0 aliphatic carbocycles. The zero-order valence-electron chi connectivity index (χ0n) is 12.7. The monoisotopic (exact) mass is 327 g/mol. The quantitative estimate of drug-likeness (QED) is 0.836. The Morgan fingerprint density at radius 1 is 1.12 bits per heavy atom. The molecule has 0 fully saturated rings. The minimum Gasteiger partial charge on any atom is -0.354 e. The lowest BCUT2D eigenvalue weighted by molar-refractivity contribution is -0.120. The number of pyridine rings is 1. The Morgan fingerprint density at radius 2 is 1.92 bits per heavy atom. The fourth-order valence-electron chi connectivity index (χ4n) is 2.50. The number of aromatic nitrogens is 1. The minimum absolute atomic E-state index is 0.0387. The summed E-state index contributed by atoms with van der Waals surface area (Å²) in [6, 6.07) is 9.15. The van der Waals surface area contributed by atoms with Crippen LogP contribution in [0.3, 0.4) is 0 Å². The second kappa shape index (κ2) is 6.57. The van der Waals surface area contributed by atoms with Crippen molar-refractivity contribution < 1.29 is 18.8 Å². The SMILES string of the molecule is O=C(Cc1ccccc1F)NCCN1C(=O)c2cccnc2C1=O. The third-order valence-corrected chi connectivity index (χ3v) is 3.70. The van der Waals surface area contributed by atoms with E-state index in [1.807, 2.05) is 0 Å². The molecule has 0 radical (unpaired) electrons. The molecule has 1 aromatic heterocycles. The smallest absolute Gasteiger partial charge is 0.280 e. The second-order valence-corrected chi connectivity index (χ2v) is 5.28. The van der Waals surface area contributed by atoms with Gasteiger partial charge in [0.25, 0.3) is 11.8 Å². The van der Waals surface area contributed by atoms with Gasteiger partial charge in [0.1, 0.15) is 11.5 Å². The van der Waals surface area contributed by atoms with E-state index < -0.39 is 17.6 Å². The Labute approximate surface area is 137 Å². The van der Waals surface area contributed by atoms with Gasteiger partial charge in [-0.2, -0.15) is 0 Å². The Morgan fingerprint density at radius 3 is 2.67 bits per heavy atom. The first-order chi connectivity index (χ1) is 11.6. The number of rotatable bonds is 5. The van der Waals surface area contributed by atoms with Crippen molar-refractivity contribution in [3.63, 3.8) is 0 Å². The van der Waals surface area contributed by atoms with E-state index >= 15 is 0 Å². The first-order valence-electron chi connectivity index (χ1n) is 7.39. The van der Waals surface area contributed by atoms with Crippen LogP contribution in [0.4, 0.5) is 4.39 Å². The summed E-state index contributed by atoms with van der Waals surface area (Å²) in [6.07, 6.45) is 1.35. The van der Waals surface area contributed by atoms with Crippen molar-refractivity contribution in [1.82, 2.24) is 15.2 Å². The lowest BCUT2D eigenvalue weighted by Gasteiger charge is -2.14. The number of carbonyl (C=O) groups is 3. The summed E-state index contributed by atoms with van der Waals surface area (Å²) in [5.41, 5.74) is 0.681. The molecule has 0 saturated carbocycles. The molecular weight excluding hydrogens is 313 g/mol. The highest BCUT2D eigenvalue weighted by molar-refractivity contribution is 6.20. The van der Waals surface area contributed by atoms with Gasteiger partial charge in [-0.3, -0.25) is 24.3 Å². The number of benzene rings is 1. The van der Waals surface area contributed by atoms with Crippen LogP contribution in [-0.4, -0.2) is 40.7 Å². The maximum absolute atomic E-state index is 13.5. The summed E-state index contributed by atoms with van der Waals surface area (Å²) in [4.78, 5) is 41.0. The van der Waals surface area contributed by atoms with Gasteiger partial charge < -0.3 is 5.32 Å². The van der Waals surface area contributed by atoms with Gasteiger partial charge in [-0.1, -0.05) is 18.2 Å². The molecule has 0 bridgehead atoms. The van der Waals surface area contributed by atoms with Crippen molar-refractivity contribution in [2.24, 2.45) is 0 Å². The summed E-state index contributed by atoms with van der Waals surface area (Å²) in [7, 11) is 0. The largest absolute Gasteiger partial charge is 0.354 e. The number of hydrogen-bond acceptors (Lipinski definition) is 4. The Bertz CT molecular complexity index is 787. The average molecular weight is 327 g/mol. The lowest BCUT2D eigenvalue weighted by atomic mass is 10.1. The molecule has 122 valence electrons. The van der Waals surface area contributed by atoms with Crippen molar-refractivity contribution in [2.75, 3.05) is 13.1 Å². The second-order valence-electron chi connectivity index (χ2n) is 5.28. The van der Waals surface area contributed by atoms with E-state index in [1.54, 1.807) is 24.3 Å². The highest BCUT2D eigenvalue weighted by Crippen LogP contribution is 2.19. The number of nitrogens with zero attached hydrogens (tertiary/aromatic N) is 2. The first kappa shape index (κ1) is 15.8. The van der Waals surface area contributed by atoms with Crippen LogP contribution in [0.5, 0.6) is 0 Å². The van der Waals surface area contributed by atoms with Crippen LogP contribution < -0.4 is 5.32 Å². The molecule has 7 heteroatoms. The van der Waals surface area contributed by atoms with Crippen LogP contribution >= 0.6 is 0 Å². The standard InChI is InChI=1S/C17H14FN3O3/c18-13-6-2-1-4-11(13)10-14(22)19-8-9-21-16(23)12-5-3-7-20-15(12)17(21)24/h1-7H,8-10H2,(H,19,22). The van der Waals surface area contributed by atoms with Crippen molar-refractivity contribution >= 4 is 17.7 Å². The number of hydrogen-bond donors (Lipinski definition) is 1. The molecule has 0 saturated heterocycles. The van der Waals surface area contributed by atoms with Gasteiger partial charge in [0.05, 0.1) is 12.0 Å². The third kappa shape index (κ3) is 3.01. The molecular formula is C17H14FN3O3. The summed E-state index contributed by atoms with van der Waals surface area (Å²) in [5.74, 6) is -1.72. The first-order valence-corrected chi connectivity index (χ1v) is 7.39. The van der Waals surface area contributed by atoms with E-state index in [9.17, 15) is 18.8 Å². The number of carbonyl (C=O) groups excluding carboxylic acids is 3. The molecule has 1 aliphatic rings. The Kier molecular flexibility index (Phi) is 4.33. The van der Waals surface area contributed by atoms with Crippen LogP contribution in [0.1, 0.15) is 26.4 Å². The summed E-state index contributed by atoms with van der Waals surface area (Å²) in [5, 5.41) is 2.58. The lowest BCUT2D eigenvalue weighted by Crippen LogP contribution is -2.38. The Balaban J connectivity index is 1.54. The van der Waals surface area contributed by atoms with E-state index in [0.29, 0.717) is 5.56 Å². The minimum atomic E-state index is -0.473. The van der Waals surface area contributed by atoms with Crippen LogP contribution in [-0.2, 0) is 11.2 Å².